The molecular weight excluding hydrogens is 240 g/mol. The van der Waals surface area contributed by atoms with E-state index in [9.17, 15) is 0 Å². The normalized spacial score (nSPS) is 12.4. The molecule has 0 aliphatic rings. The first-order chi connectivity index (χ1) is 9.24. The largest absolute Gasteiger partial charge is 0.492 e. The average molecular weight is 260 g/mol. The summed E-state index contributed by atoms with van der Waals surface area (Å²) in [5.74, 6) is 0.801. The maximum Gasteiger partial charge on any atom is 0.137 e. The molecule has 0 aliphatic carbocycles. The molecule has 2 aromatic heterocycles. The van der Waals surface area contributed by atoms with Crippen LogP contribution in [0.5, 0.6) is 5.75 Å². The highest BCUT2D eigenvalue weighted by Gasteiger charge is 2.15. The Balaban J connectivity index is 2.23. The second-order valence-corrected chi connectivity index (χ2v) is 4.44. The lowest BCUT2D eigenvalue weighted by molar-refractivity contribution is 0.315. The molecule has 5 heteroatoms. The summed E-state index contributed by atoms with van der Waals surface area (Å²) in [4.78, 5) is 4.24. The molecule has 19 heavy (non-hydrogen) atoms. The molecule has 1 unspecified atom stereocenters. The lowest BCUT2D eigenvalue weighted by Crippen LogP contribution is -2.18. The Bertz CT molecular complexity index is 524. The summed E-state index contributed by atoms with van der Waals surface area (Å²) < 4.78 is 7.41. The molecule has 2 heterocycles. The third-order valence-electron chi connectivity index (χ3n) is 2.86. The number of pyridine rings is 1. The Hall–Kier alpha value is -1.88. The molecule has 0 saturated heterocycles. The van der Waals surface area contributed by atoms with Gasteiger partial charge in [-0.2, -0.15) is 5.10 Å². The number of rotatable bonds is 6. The molecule has 0 radical (unpaired) electrons. The highest BCUT2D eigenvalue weighted by molar-refractivity contribution is 5.30. The summed E-state index contributed by atoms with van der Waals surface area (Å²) in [6.07, 6.45) is 6.50. The van der Waals surface area contributed by atoms with Crippen molar-refractivity contribution < 1.29 is 4.74 Å². The molecule has 2 aromatic rings. The molecule has 0 fully saturated rings. The summed E-state index contributed by atoms with van der Waals surface area (Å²) in [5, 5.41) is 7.70. The van der Waals surface area contributed by atoms with Crippen molar-refractivity contribution in [1.82, 2.24) is 20.1 Å². The molecule has 0 bridgehead atoms. The van der Waals surface area contributed by atoms with Crippen molar-refractivity contribution in [3.63, 3.8) is 0 Å². The first-order valence-electron chi connectivity index (χ1n) is 6.49. The zero-order valence-corrected chi connectivity index (χ0v) is 11.6. The second kappa shape index (κ2) is 6.33. The highest BCUT2D eigenvalue weighted by atomic mass is 16.5. The van der Waals surface area contributed by atoms with E-state index < -0.39 is 0 Å². The quantitative estimate of drug-likeness (QED) is 0.862. The van der Waals surface area contributed by atoms with Gasteiger partial charge in [0.15, 0.2) is 0 Å². The Morgan fingerprint density at radius 3 is 2.89 bits per heavy atom. The SMILES string of the molecule is CCCOc1cncc(C(NC)c2ccn(C)n2)c1. The minimum atomic E-state index is 0.0267. The first-order valence-corrected chi connectivity index (χ1v) is 6.49. The van der Waals surface area contributed by atoms with Crippen LogP contribution < -0.4 is 10.1 Å². The van der Waals surface area contributed by atoms with Gasteiger partial charge in [-0.1, -0.05) is 6.92 Å². The van der Waals surface area contributed by atoms with E-state index in [4.69, 9.17) is 4.74 Å². The van der Waals surface area contributed by atoms with Gasteiger partial charge in [0, 0.05) is 19.4 Å². The molecule has 0 saturated carbocycles. The van der Waals surface area contributed by atoms with Gasteiger partial charge in [-0.25, -0.2) is 0 Å². The molecule has 0 aromatic carbocycles. The van der Waals surface area contributed by atoms with Crippen molar-refractivity contribution in [3.8, 4) is 5.75 Å². The van der Waals surface area contributed by atoms with Gasteiger partial charge in [-0.3, -0.25) is 9.67 Å². The maximum atomic E-state index is 5.62. The summed E-state index contributed by atoms with van der Waals surface area (Å²) >= 11 is 0. The molecular formula is C14H20N4O. The van der Waals surface area contributed by atoms with Gasteiger partial charge in [0.1, 0.15) is 5.75 Å². The molecule has 5 nitrogen and oxygen atoms in total. The van der Waals surface area contributed by atoms with E-state index in [-0.39, 0.29) is 6.04 Å². The Kier molecular flexibility index (Phi) is 4.52. The van der Waals surface area contributed by atoms with Crippen molar-refractivity contribution in [3.05, 3.63) is 42.0 Å². The Morgan fingerprint density at radius 1 is 1.42 bits per heavy atom. The predicted octanol–water partition coefficient (Wildman–Crippen LogP) is 1.91. The summed E-state index contributed by atoms with van der Waals surface area (Å²) in [7, 11) is 3.83. The van der Waals surface area contributed by atoms with Crippen LogP contribution in [0.3, 0.4) is 0 Å². The molecule has 0 aliphatic heterocycles. The zero-order valence-electron chi connectivity index (χ0n) is 11.6. The van der Waals surface area contributed by atoms with Crippen molar-refractivity contribution in [1.29, 1.82) is 0 Å². The first kappa shape index (κ1) is 13.5. The maximum absolute atomic E-state index is 5.62. The number of ether oxygens (including phenoxy) is 1. The second-order valence-electron chi connectivity index (χ2n) is 4.44. The smallest absolute Gasteiger partial charge is 0.137 e. The lowest BCUT2D eigenvalue weighted by Gasteiger charge is -2.15. The van der Waals surface area contributed by atoms with E-state index in [1.807, 2.05) is 38.6 Å². The molecule has 0 amide bonds. The summed E-state index contributed by atoms with van der Waals surface area (Å²) in [6.45, 7) is 2.79. The minimum absolute atomic E-state index is 0.0267. The number of aromatic nitrogens is 3. The van der Waals surface area contributed by atoms with Gasteiger partial charge in [0.05, 0.1) is 24.5 Å². The molecule has 1 atom stereocenters. The van der Waals surface area contributed by atoms with Gasteiger partial charge < -0.3 is 10.1 Å². The monoisotopic (exact) mass is 260 g/mol. The Morgan fingerprint density at radius 2 is 2.26 bits per heavy atom. The van der Waals surface area contributed by atoms with Crippen LogP contribution in [0, 0.1) is 0 Å². The van der Waals surface area contributed by atoms with Crippen LogP contribution in [0.4, 0.5) is 0 Å². The van der Waals surface area contributed by atoms with E-state index in [0.29, 0.717) is 6.61 Å². The molecule has 0 spiro atoms. The number of nitrogens with zero attached hydrogens (tertiary/aromatic N) is 3. The van der Waals surface area contributed by atoms with Gasteiger partial charge in [0.25, 0.3) is 0 Å². The van der Waals surface area contributed by atoms with Crippen LogP contribution in [-0.4, -0.2) is 28.4 Å². The van der Waals surface area contributed by atoms with E-state index in [1.54, 1.807) is 10.9 Å². The van der Waals surface area contributed by atoms with Crippen LogP contribution in [0.2, 0.25) is 0 Å². The van der Waals surface area contributed by atoms with Crippen molar-refractivity contribution in [2.45, 2.75) is 19.4 Å². The van der Waals surface area contributed by atoms with Crippen molar-refractivity contribution >= 4 is 0 Å². The van der Waals surface area contributed by atoms with E-state index in [0.717, 1.165) is 23.4 Å². The van der Waals surface area contributed by atoms with Crippen LogP contribution in [0.25, 0.3) is 0 Å². The Labute approximate surface area is 113 Å². The van der Waals surface area contributed by atoms with Crippen LogP contribution in [0.15, 0.2) is 30.7 Å². The van der Waals surface area contributed by atoms with Crippen molar-refractivity contribution in [2.24, 2.45) is 7.05 Å². The fourth-order valence-corrected chi connectivity index (χ4v) is 1.96. The predicted molar refractivity (Wildman–Crippen MR) is 74.1 cm³/mol. The third kappa shape index (κ3) is 3.32. The fourth-order valence-electron chi connectivity index (χ4n) is 1.96. The minimum Gasteiger partial charge on any atom is -0.492 e. The van der Waals surface area contributed by atoms with Crippen LogP contribution in [0.1, 0.15) is 30.6 Å². The zero-order chi connectivity index (χ0) is 13.7. The number of hydrogen-bond acceptors (Lipinski definition) is 4. The van der Waals surface area contributed by atoms with Crippen LogP contribution in [-0.2, 0) is 7.05 Å². The van der Waals surface area contributed by atoms with E-state index in [1.165, 1.54) is 0 Å². The van der Waals surface area contributed by atoms with Gasteiger partial charge in [-0.15, -0.1) is 0 Å². The van der Waals surface area contributed by atoms with Crippen molar-refractivity contribution in [2.75, 3.05) is 13.7 Å². The third-order valence-corrected chi connectivity index (χ3v) is 2.86. The number of hydrogen-bond donors (Lipinski definition) is 1. The molecule has 102 valence electrons. The average Bonchev–Trinajstić information content (AvgIpc) is 2.84. The van der Waals surface area contributed by atoms with E-state index in [2.05, 4.69) is 22.3 Å². The van der Waals surface area contributed by atoms with Gasteiger partial charge in [-0.05, 0) is 31.2 Å². The topological polar surface area (TPSA) is 52.0 Å². The lowest BCUT2D eigenvalue weighted by atomic mass is 10.1. The summed E-state index contributed by atoms with van der Waals surface area (Å²) in [5.41, 5.74) is 2.02. The number of aryl methyl sites for hydroxylation is 1. The fraction of sp³-hybridized carbons (Fsp3) is 0.429. The summed E-state index contributed by atoms with van der Waals surface area (Å²) in [6, 6.07) is 4.04. The molecule has 1 N–H and O–H groups in total. The van der Waals surface area contributed by atoms with Crippen LogP contribution >= 0.6 is 0 Å². The highest BCUT2D eigenvalue weighted by Crippen LogP contribution is 2.22. The standard InChI is InChI=1S/C14H20N4O/c1-4-7-19-12-8-11(9-16-10-12)14(15-2)13-5-6-18(3)17-13/h5-6,8-10,14-15H,4,7H2,1-3H3. The van der Waals surface area contributed by atoms with Gasteiger partial charge in [0.2, 0.25) is 0 Å². The molecule has 2 rings (SSSR count). The number of nitrogens with one attached hydrogen (secondary N) is 1. The van der Waals surface area contributed by atoms with E-state index >= 15 is 0 Å². The van der Waals surface area contributed by atoms with Gasteiger partial charge >= 0.3 is 0 Å².